The van der Waals surface area contributed by atoms with E-state index in [0.29, 0.717) is 24.3 Å². The molecule has 27 heavy (non-hydrogen) atoms. The van der Waals surface area contributed by atoms with Crippen LogP contribution in [0.25, 0.3) is 5.65 Å². The van der Waals surface area contributed by atoms with Crippen molar-refractivity contribution in [3.63, 3.8) is 0 Å². The van der Waals surface area contributed by atoms with Crippen molar-refractivity contribution in [2.24, 2.45) is 0 Å². The van der Waals surface area contributed by atoms with Gasteiger partial charge in [0.25, 0.3) is 5.82 Å². The summed E-state index contributed by atoms with van der Waals surface area (Å²) >= 11 is 0. The number of morpholine rings is 1. The Bertz CT molecular complexity index is 920. The van der Waals surface area contributed by atoms with Crippen LogP contribution in [-0.4, -0.2) is 51.1 Å². The molecule has 1 aliphatic heterocycles. The quantitative estimate of drug-likeness (QED) is 0.743. The van der Waals surface area contributed by atoms with Crippen molar-refractivity contribution in [3.05, 3.63) is 41.9 Å². The van der Waals surface area contributed by atoms with Gasteiger partial charge in [0.05, 0.1) is 13.2 Å². The molecule has 0 spiro atoms. The number of nitrogens with zero attached hydrogens (tertiary/aromatic N) is 6. The molecule has 3 aromatic heterocycles. The van der Waals surface area contributed by atoms with Crippen LogP contribution in [0.1, 0.15) is 11.4 Å². The van der Waals surface area contributed by atoms with Crippen LogP contribution in [0.2, 0.25) is 0 Å². The summed E-state index contributed by atoms with van der Waals surface area (Å²) in [6.45, 7) is 3.34. The minimum Gasteiger partial charge on any atom is -0.378 e. The molecular formula is C16H16F3N7O. The first kappa shape index (κ1) is 17.5. The summed E-state index contributed by atoms with van der Waals surface area (Å²) in [7, 11) is 0. The van der Waals surface area contributed by atoms with Crippen molar-refractivity contribution in [3.8, 4) is 0 Å². The first-order valence-electron chi connectivity index (χ1n) is 8.32. The third kappa shape index (κ3) is 3.77. The van der Waals surface area contributed by atoms with E-state index < -0.39 is 12.0 Å². The summed E-state index contributed by atoms with van der Waals surface area (Å²) < 4.78 is 44.8. The molecule has 0 aliphatic carbocycles. The third-order valence-corrected chi connectivity index (χ3v) is 4.13. The normalized spacial score (nSPS) is 15.3. The number of anilines is 2. The molecule has 0 radical (unpaired) electrons. The molecule has 1 fully saturated rings. The van der Waals surface area contributed by atoms with Gasteiger partial charge >= 0.3 is 6.18 Å². The topological polar surface area (TPSA) is 80.5 Å². The van der Waals surface area contributed by atoms with Crippen molar-refractivity contribution in [1.82, 2.24) is 24.8 Å². The van der Waals surface area contributed by atoms with Gasteiger partial charge in [-0.3, -0.25) is 0 Å². The lowest BCUT2D eigenvalue weighted by Gasteiger charge is -2.27. The van der Waals surface area contributed by atoms with Crippen molar-refractivity contribution >= 4 is 17.3 Å². The van der Waals surface area contributed by atoms with Gasteiger partial charge in [0, 0.05) is 25.8 Å². The minimum atomic E-state index is -4.62. The molecule has 3 aromatic rings. The lowest BCUT2D eigenvalue weighted by Crippen LogP contribution is -2.36. The van der Waals surface area contributed by atoms with Crippen molar-refractivity contribution in [2.75, 3.05) is 36.5 Å². The van der Waals surface area contributed by atoms with Crippen molar-refractivity contribution in [2.45, 2.75) is 12.7 Å². The molecule has 1 N–H and O–H groups in total. The first-order valence-corrected chi connectivity index (χ1v) is 8.32. The fourth-order valence-corrected chi connectivity index (χ4v) is 2.75. The average Bonchev–Trinajstić information content (AvgIpc) is 3.11. The largest absolute Gasteiger partial charge is 0.453 e. The highest BCUT2D eigenvalue weighted by Crippen LogP contribution is 2.27. The van der Waals surface area contributed by atoms with E-state index in [-0.39, 0.29) is 11.5 Å². The van der Waals surface area contributed by atoms with Crippen LogP contribution in [0, 0.1) is 0 Å². The number of pyridine rings is 1. The van der Waals surface area contributed by atoms with Gasteiger partial charge in [0.15, 0.2) is 5.65 Å². The Morgan fingerprint density at radius 1 is 1.07 bits per heavy atom. The molecule has 0 amide bonds. The molecule has 0 unspecified atom stereocenters. The van der Waals surface area contributed by atoms with E-state index in [1.54, 1.807) is 12.3 Å². The summed E-state index contributed by atoms with van der Waals surface area (Å²) in [5.74, 6) is 0.00337. The van der Waals surface area contributed by atoms with Gasteiger partial charge in [0.2, 0.25) is 0 Å². The van der Waals surface area contributed by atoms with E-state index in [2.05, 4.69) is 30.5 Å². The fourth-order valence-electron chi connectivity index (χ4n) is 2.75. The predicted molar refractivity (Wildman–Crippen MR) is 90.4 cm³/mol. The molecule has 4 heterocycles. The number of nitrogens with one attached hydrogen (secondary N) is 1. The molecule has 1 aliphatic rings. The minimum absolute atomic E-state index is 0.0319. The second kappa shape index (κ2) is 6.99. The SMILES string of the molecule is FC(F)(F)c1nnc2ccc(NCc3ccc(N4CCOCC4)nc3)nn12. The van der Waals surface area contributed by atoms with E-state index in [1.165, 1.54) is 6.07 Å². The van der Waals surface area contributed by atoms with E-state index in [4.69, 9.17) is 4.74 Å². The number of rotatable bonds is 4. The number of ether oxygens (including phenoxy) is 1. The molecule has 0 aromatic carbocycles. The first-order chi connectivity index (χ1) is 13.0. The van der Waals surface area contributed by atoms with Crippen LogP contribution in [0.3, 0.4) is 0 Å². The predicted octanol–water partition coefficient (Wildman–Crippen LogP) is 1.99. The van der Waals surface area contributed by atoms with Crippen LogP contribution < -0.4 is 10.2 Å². The molecule has 11 heteroatoms. The van der Waals surface area contributed by atoms with Crippen LogP contribution in [0.15, 0.2) is 30.5 Å². The van der Waals surface area contributed by atoms with Crippen LogP contribution in [0.4, 0.5) is 24.8 Å². The monoisotopic (exact) mass is 379 g/mol. The van der Waals surface area contributed by atoms with Crippen LogP contribution in [0.5, 0.6) is 0 Å². The maximum Gasteiger partial charge on any atom is 0.453 e. The molecule has 0 bridgehead atoms. The second-order valence-corrected chi connectivity index (χ2v) is 5.99. The Hall–Kier alpha value is -2.95. The Kier molecular flexibility index (Phi) is 4.52. The number of hydrogen-bond acceptors (Lipinski definition) is 7. The van der Waals surface area contributed by atoms with Crippen molar-refractivity contribution < 1.29 is 17.9 Å². The summed E-state index contributed by atoms with van der Waals surface area (Å²) in [6.07, 6.45) is -2.89. The van der Waals surface area contributed by atoms with Crippen LogP contribution >= 0.6 is 0 Å². The van der Waals surface area contributed by atoms with Gasteiger partial charge in [-0.05, 0) is 23.8 Å². The Morgan fingerprint density at radius 2 is 1.89 bits per heavy atom. The Labute approximate surface area is 152 Å². The molecule has 8 nitrogen and oxygen atoms in total. The van der Waals surface area contributed by atoms with Crippen LogP contribution in [-0.2, 0) is 17.5 Å². The lowest BCUT2D eigenvalue weighted by molar-refractivity contribution is -0.146. The number of fused-ring (bicyclic) bond motifs is 1. The van der Waals surface area contributed by atoms with Gasteiger partial charge in [-0.15, -0.1) is 15.3 Å². The smallest absolute Gasteiger partial charge is 0.378 e. The van der Waals surface area contributed by atoms with Gasteiger partial charge in [0.1, 0.15) is 11.6 Å². The number of aromatic nitrogens is 5. The zero-order valence-corrected chi connectivity index (χ0v) is 14.1. The highest BCUT2D eigenvalue weighted by molar-refractivity contribution is 5.45. The zero-order valence-electron chi connectivity index (χ0n) is 14.1. The molecule has 0 atom stereocenters. The average molecular weight is 379 g/mol. The molecule has 4 rings (SSSR count). The number of halogens is 3. The highest BCUT2D eigenvalue weighted by atomic mass is 19.4. The summed E-state index contributed by atoms with van der Waals surface area (Å²) in [5.41, 5.74) is 0.915. The van der Waals surface area contributed by atoms with Gasteiger partial charge < -0.3 is 15.0 Å². The van der Waals surface area contributed by atoms with Gasteiger partial charge in [-0.2, -0.15) is 17.7 Å². The lowest BCUT2D eigenvalue weighted by atomic mass is 10.2. The van der Waals surface area contributed by atoms with E-state index >= 15 is 0 Å². The van der Waals surface area contributed by atoms with E-state index in [9.17, 15) is 13.2 Å². The molecule has 0 saturated carbocycles. The fraction of sp³-hybridized carbons (Fsp3) is 0.375. The number of hydrogen-bond donors (Lipinski definition) is 1. The zero-order chi connectivity index (χ0) is 18.9. The maximum atomic E-state index is 12.9. The maximum absolute atomic E-state index is 12.9. The molecule has 1 saturated heterocycles. The van der Waals surface area contributed by atoms with Gasteiger partial charge in [-0.1, -0.05) is 6.07 Å². The summed E-state index contributed by atoms with van der Waals surface area (Å²) in [5, 5.41) is 13.5. The Morgan fingerprint density at radius 3 is 2.59 bits per heavy atom. The molecular weight excluding hydrogens is 363 g/mol. The molecule has 142 valence electrons. The second-order valence-electron chi connectivity index (χ2n) is 5.99. The third-order valence-electron chi connectivity index (χ3n) is 4.13. The van der Waals surface area contributed by atoms with Gasteiger partial charge in [-0.25, -0.2) is 4.98 Å². The van der Waals surface area contributed by atoms with E-state index in [1.807, 2.05) is 12.1 Å². The standard InChI is InChI=1S/C16H16F3N7O/c17-16(18,19)15-23-22-14-4-2-12(24-26(14)15)20-9-11-1-3-13(21-10-11)25-5-7-27-8-6-25/h1-4,10H,5-9H2,(H,20,24). The van der Waals surface area contributed by atoms with Crippen molar-refractivity contribution in [1.29, 1.82) is 0 Å². The highest BCUT2D eigenvalue weighted by Gasteiger charge is 2.37. The van der Waals surface area contributed by atoms with E-state index in [0.717, 1.165) is 24.5 Å². The Balaban J connectivity index is 1.45. The summed E-state index contributed by atoms with van der Waals surface area (Å²) in [4.78, 5) is 6.58. The number of alkyl halides is 3. The summed E-state index contributed by atoms with van der Waals surface area (Å²) in [6, 6.07) is 6.82.